The van der Waals surface area contributed by atoms with E-state index in [0.29, 0.717) is 0 Å². The van der Waals surface area contributed by atoms with Crippen molar-refractivity contribution in [3.63, 3.8) is 0 Å². The maximum absolute atomic E-state index is 6.66. The highest BCUT2D eigenvalue weighted by atomic mass is 16.5. The number of rotatable bonds is 18. The van der Waals surface area contributed by atoms with Crippen molar-refractivity contribution in [2.45, 2.75) is 93.9 Å². The predicted molar refractivity (Wildman–Crippen MR) is 228 cm³/mol. The van der Waals surface area contributed by atoms with Gasteiger partial charge in [-0.05, 0) is 81.5 Å². The van der Waals surface area contributed by atoms with Gasteiger partial charge >= 0.3 is 0 Å². The lowest BCUT2D eigenvalue weighted by Crippen LogP contribution is -2.75. The van der Waals surface area contributed by atoms with Gasteiger partial charge in [0.05, 0.1) is 18.7 Å². The van der Waals surface area contributed by atoms with Crippen LogP contribution in [0, 0.1) is 30.6 Å². The molecule has 0 radical (unpaired) electrons. The molecule has 6 heteroatoms. The predicted octanol–water partition coefficient (Wildman–Crippen LogP) is 8.28. The Morgan fingerprint density at radius 1 is 0.500 bits per heavy atom. The topological polar surface area (TPSA) is 18.5 Å². The highest BCUT2D eigenvalue weighted by Crippen LogP contribution is 2.32. The van der Waals surface area contributed by atoms with E-state index in [0.717, 1.165) is 60.1 Å². The number of ether oxygens (including phenoxy) is 2. The van der Waals surface area contributed by atoms with E-state index in [-0.39, 0.29) is 14.9 Å². The first-order valence-corrected chi connectivity index (χ1v) is 21.2. The average Bonchev–Trinajstić information content (AvgIpc) is 3.18. The summed E-state index contributed by atoms with van der Waals surface area (Å²) in [5.41, 5.74) is 4.06. The second-order valence-electron chi connectivity index (χ2n) is 17.1. The number of benzene rings is 2. The van der Waals surface area contributed by atoms with Crippen LogP contribution in [0.4, 0.5) is 0 Å². The van der Waals surface area contributed by atoms with E-state index in [2.05, 4.69) is 80.9 Å². The summed E-state index contributed by atoms with van der Waals surface area (Å²) in [6.45, 7) is 31.0. The monoisotopic (exact) mass is 743 g/mol. The molecule has 6 aliphatic heterocycles. The number of hydrogen-bond donors (Lipinski definition) is 0. The van der Waals surface area contributed by atoms with Crippen LogP contribution in [0.25, 0.3) is 0 Å². The van der Waals surface area contributed by atoms with E-state index < -0.39 is 0 Å². The van der Waals surface area contributed by atoms with Crippen molar-refractivity contribution in [1.82, 2.24) is 0 Å². The smallest absolute Gasteiger partial charge is 0.137 e. The van der Waals surface area contributed by atoms with E-state index in [9.17, 15) is 0 Å². The molecule has 6 fully saturated rings. The van der Waals surface area contributed by atoms with Crippen molar-refractivity contribution >= 4 is 0 Å². The Labute approximate surface area is 332 Å². The first-order valence-electron chi connectivity index (χ1n) is 21.2. The van der Waals surface area contributed by atoms with E-state index in [4.69, 9.17) is 9.47 Å². The zero-order valence-electron chi connectivity index (χ0n) is 33.5. The van der Waals surface area contributed by atoms with Crippen molar-refractivity contribution in [3.05, 3.63) is 58.7 Å². The number of fused-ring (bicyclic) bond motifs is 6. The number of piperazine rings is 6. The zero-order valence-corrected chi connectivity index (χ0v) is 33.5. The highest BCUT2D eigenvalue weighted by Gasteiger charge is 2.49. The van der Waals surface area contributed by atoms with Crippen LogP contribution in [0.2, 0.25) is 0 Å². The lowest BCUT2D eigenvalue weighted by molar-refractivity contribution is -1.08. The van der Waals surface area contributed by atoms with Gasteiger partial charge in [0.1, 0.15) is 116 Å². The number of aryl methyl sites for hydroxylation is 1. The van der Waals surface area contributed by atoms with Crippen LogP contribution in [-0.4, -0.2) is 136 Å². The summed E-state index contributed by atoms with van der Waals surface area (Å²) in [7, 11) is 0. The summed E-state index contributed by atoms with van der Waals surface area (Å²) in [4.78, 5) is 0. The number of hydrogen-bond acceptors (Lipinski definition) is 2. The largest absolute Gasteiger partial charge is 0.487 e. The standard InChI is InChI=1S/C46H70N4O2.2CH4/c1-5-8-10-12-21-47-23-29-49(30-24-47,31-25-47)35-37-51-45-40-44(20-19-43-17-15-42(14-7-3)16-18-43)46(39-41(45)4)52-38-36-50-32-26-48(27-33-50,28-34-50)22-13-11-9-6-2;;/h15-18,39-40H,5-6,8-13,21-38H2,1-4H3;2*1H4/q+4;;. The Balaban J connectivity index is 0.00000325. The SMILES string of the molecule is C.C.CC#Cc1ccc(C#Cc2cc(OCC[N+]34CC[N+](CCCCCC)(CC3)CC4)c(C)cc2OCC[N+]23CC[N+](CCCCCC)(CC2)CC3)cc1. The van der Waals surface area contributed by atoms with Gasteiger partial charge in [-0.2, -0.15) is 0 Å². The fourth-order valence-corrected chi connectivity index (χ4v) is 9.63. The van der Waals surface area contributed by atoms with Crippen molar-refractivity contribution < 1.29 is 27.4 Å². The molecule has 0 aromatic heterocycles. The average molecular weight is 743 g/mol. The number of unbranched alkanes of at least 4 members (excludes halogenated alkanes) is 6. The van der Waals surface area contributed by atoms with E-state index in [1.54, 1.807) is 0 Å². The molecule has 0 aliphatic carbocycles. The van der Waals surface area contributed by atoms with Crippen LogP contribution in [0.15, 0.2) is 36.4 Å². The molecule has 298 valence electrons. The maximum Gasteiger partial charge on any atom is 0.137 e. The minimum absolute atomic E-state index is 0. The molecule has 0 spiro atoms. The molecule has 8 rings (SSSR count). The summed E-state index contributed by atoms with van der Waals surface area (Å²) in [6, 6.07) is 12.6. The Morgan fingerprint density at radius 3 is 1.33 bits per heavy atom. The van der Waals surface area contributed by atoms with Gasteiger partial charge in [-0.15, -0.1) is 5.92 Å². The third kappa shape index (κ3) is 11.1. The summed E-state index contributed by atoms with van der Waals surface area (Å²) in [5, 5.41) is 0. The van der Waals surface area contributed by atoms with Crippen molar-refractivity contribution in [2.75, 3.05) is 118 Å². The summed E-state index contributed by atoms with van der Waals surface area (Å²) in [6.07, 6.45) is 11.0. The molecule has 0 unspecified atom stereocenters. The fourth-order valence-electron chi connectivity index (χ4n) is 9.63. The van der Waals surface area contributed by atoms with Gasteiger partial charge < -0.3 is 27.4 Å². The Kier molecular flexibility index (Phi) is 16.4. The number of quaternary nitrogens is 4. The Morgan fingerprint density at radius 2 is 0.907 bits per heavy atom. The van der Waals surface area contributed by atoms with Crippen LogP contribution < -0.4 is 9.47 Å². The van der Waals surface area contributed by atoms with Gasteiger partial charge in [0, 0.05) is 11.1 Å². The minimum atomic E-state index is 0. The fraction of sp³-hybridized carbons (Fsp3) is 0.667. The third-order valence-electron chi connectivity index (χ3n) is 13.7. The van der Waals surface area contributed by atoms with Gasteiger partial charge in [-0.25, -0.2) is 0 Å². The molecular weight excluding hydrogens is 665 g/mol. The molecule has 6 saturated heterocycles. The Hall–Kier alpha value is -3.00. The Bertz CT molecular complexity index is 1540. The van der Waals surface area contributed by atoms with Crippen LogP contribution in [0.1, 0.15) is 109 Å². The molecule has 54 heavy (non-hydrogen) atoms. The zero-order chi connectivity index (χ0) is 36.3. The van der Waals surface area contributed by atoms with Crippen LogP contribution >= 0.6 is 0 Å². The second-order valence-corrected chi connectivity index (χ2v) is 17.1. The minimum Gasteiger partial charge on any atom is -0.487 e. The van der Waals surface area contributed by atoms with Crippen molar-refractivity contribution in [1.29, 1.82) is 0 Å². The lowest BCUT2D eigenvalue weighted by atomic mass is 10.0. The lowest BCUT2D eigenvalue weighted by Gasteiger charge is -2.55. The molecule has 0 saturated carbocycles. The van der Waals surface area contributed by atoms with Gasteiger partial charge in [-0.1, -0.05) is 72.1 Å². The summed E-state index contributed by atoms with van der Waals surface area (Å²) >= 11 is 0. The molecule has 6 aliphatic rings. The first-order chi connectivity index (χ1) is 25.3. The first kappa shape index (κ1) is 43.7. The summed E-state index contributed by atoms with van der Waals surface area (Å²) < 4.78 is 18.5. The molecule has 0 amide bonds. The molecule has 4 bridgehead atoms. The summed E-state index contributed by atoms with van der Waals surface area (Å²) in [5.74, 6) is 14.9. The third-order valence-corrected chi connectivity index (χ3v) is 13.7. The van der Waals surface area contributed by atoms with Crippen LogP contribution in [0.3, 0.4) is 0 Å². The van der Waals surface area contributed by atoms with Gasteiger partial charge in [0.25, 0.3) is 0 Å². The number of nitrogens with zero attached hydrogens (tertiary/aromatic N) is 4. The molecule has 0 N–H and O–H groups in total. The van der Waals surface area contributed by atoms with Crippen LogP contribution in [0.5, 0.6) is 11.5 Å². The maximum atomic E-state index is 6.66. The quantitative estimate of drug-likeness (QED) is 0.0871. The molecule has 0 atom stereocenters. The highest BCUT2D eigenvalue weighted by molar-refractivity contribution is 5.55. The van der Waals surface area contributed by atoms with Gasteiger partial charge in [-0.3, -0.25) is 0 Å². The molecule has 2 aromatic carbocycles. The van der Waals surface area contributed by atoms with E-state index in [1.807, 2.05) is 6.92 Å². The van der Waals surface area contributed by atoms with Crippen molar-refractivity contribution in [2.24, 2.45) is 0 Å². The molecule has 2 aromatic rings. The van der Waals surface area contributed by atoms with Gasteiger partial charge in [0.15, 0.2) is 0 Å². The molecule has 6 nitrogen and oxygen atoms in total. The van der Waals surface area contributed by atoms with Crippen LogP contribution in [-0.2, 0) is 0 Å². The van der Waals surface area contributed by atoms with Gasteiger partial charge in [0.2, 0.25) is 0 Å². The normalized spacial score (nSPS) is 26.4. The molecule has 6 heterocycles. The van der Waals surface area contributed by atoms with E-state index >= 15 is 0 Å². The molecular formula is C48H78N4O2+4. The van der Waals surface area contributed by atoms with Crippen molar-refractivity contribution in [3.8, 4) is 35.2 Å². The van der Waals surface area contributed by atoms with E-state index in [1.165, 1.54) is 161 Å². The second kappa shape index (κ2) is 20.2.